The second-order valence-corrected chi connectivity index (χ2v) is 7.54. The Morgan fingerprint density at radius 3 is 2.30 bits per heavy atom. The Labute approximate surface area is 159 Å². The zero-order chi connectivity index (χ0) is 20.0. The summed E-state index contributed by atoms with van der Waals surface area (Å²) in [6.45, 7) is 4.41. The predicted molar refractivity (Wildman–Crippen MR) is 97.9 cm³/mol. The largest absolute Gasteiger partial charge is 0.548 e. The first-order valence-corrected chi connectivity index (χ1v) is 9.46. The van der Waals surface area contributed by atoms with Gasteiger partial charge in [0.15, 0.2) is 6.04 Å². The first-order chi connectivity index (χ1) is 12.8. The Balaban J connectivity index is 1.84. The van der Waals surface area contributed by atoms with Gasteiger partial charge in [-0.1, -0.05) is 44.2 Å². The van der Waals surface area contributed by atoms with Gasteiger partial charge in [-0.2, -0.15) is 0 Å². The summed E-state index contributed by atoms with van der Waals surface area (Å²) in [6, 6.07) is 8.41. The van der Waals surface area contributed by atoms with E-state index in [1.165, 1.54) is 0 Å². The van der Waals surface area contributed by atoms with Crippen LogP contribution in [0.4, 0.5) is 0 Å². The lowest BCUT2D eigenvalue weighted by molar-refractivity contribution is -0.405. The lowest BCUT2D eigenvalue weighted by atomic mass is 9.94. The molecular weight excluding hydrogens is 346 g/mol. The number of quaternary nitrogens is 1. The average molecular weight is 375 g/mol. The number of carbonyl (C=O) groups is 3. The topological polar surface area (TPSA) is 117 Å². The number of hydrogen-bond donors (Lipinski definition) is 2. The van der Waals surface area contributed by atoms with Crippen LogP contribution in [0.5, 0.6) is 0 Å². The Hall–Kier alpha value is -2.41. The molecule has 2 atom stereocenters. The number of likely N-dealkylation sites (tertiary alicyclic amines) is 1. The Morgan fingerprint density at radius 1 is 1.19 bits per heavy atom. The minimum absolute atomic E-state index is 0.00694. The minimum atomic E-state index is -1.27. The zero-order valence-corrected chi connectivity index (χ0v) is 16.0. The van der Waals surface area contributed by atoms with E-state index in [0.717, 1.165) is 5.56 Å². The summed E-state index contributed by atoms with van der Waals surface area (Å²) in [4.78, 5) is 37.9. The fraction of sp³-hybridized carbons (Fsp3) is 0.550. The molecule has 0 bridgehead atoms. The molecule has 0 unspecified atom stereocenters. The molecule has 4 N–H and O–H groups in total. The first kappa shape index (κ1) is 20.9. The van der Waals surface area contributed by atoms with Crippen LogP contribution in [0.1, 0.15) is 32.3 Å². The Bertz CT molecular complexity index is 654. The molecular formula is C20H29N3O4. The summed E-state index contributed by atoms with van der Waals surface area (Å²) in [7, 11) is 0. The highest BCUT2D eigenvalue weighted by Gasteiger charge is 2.32. The number of piperidine rings is 1. The third-order valence-corrected chi connectivity index (χ3v) is 5.07. The van der Waals surface area contributed by atoms with Crippen LogP contribution < -0.4 is 16.2 Å². The van der Waals surface area contributed by atoms with E-state index in [1.807, 2.05) is 30.3 Å². The van der Waals surface area contributed by atoms with Gasteiger partial charge in [0, 0.05) is 25.4 Å². The first-order valence-electron chi connectivity index (χ1n) is 9.46. The van der Waals surface area contributed by atoms with Gasteiger partial charge in [0.2, 0.25) is 5.91 Å². The fourth-order valence-corrected chi connectivity index (χ4v) is 3.38. The predicted octanol–water partition coefficient (Wildman–Crippen LogP) is -1.03. The van der Waals surface area contributed by atoms with Crippen LogP contribution in [0.2, 0.25) is 0 Å². The van der Waals surface area contributed by atoms with E-state index >= 15 is 0 Å². The third-order valence-electron chi connectivity index (χ3n) is 5.07. The standard InChI is InChI=1S/C20H29N3O4/c1-13(2)17(20(26)27)22-18(24)15-8-10-23(11-9-15)19(25)16(21)12-14-6-4-3-5-7-14/h3-7,13,15-17H,8-12,21H2,1-2H3,(H,22,24)(H,26,27)/t16-,17-/m0/s1. The van der Waals surface area contributed by atoms with Crippen molar-refractivity contribution in [3.8, 4) is 0 Å². The third kappa shape index (κ3) is 5.79. The van der Waals surface area contributed by atoms with E-state index < -0.39 is 12.0 Å². The van der Waals surface area contributed by atoms with Gasteiger partial charge in [0.1, 0.15) is 0 Å². The minimum Gasteiger partial charge on any atom is -0.548 e. The van der Waals surface area contributed by atoms with Gasteiger partial charge in [-0.25, -0.2) is 0 Å². The summed E-state index contributed by atoms with van der Waals surface area (Å²) < 4.78 is 0. The molecule has 1 aromatic carbocycles. The number of amides is 2. The molecule has 27 heavy (non-hydrogen) atoms. The number of aliphatic carboxylic acids is 1. The number of nitrogens with zero attached hydrogens (tertiary/aromatic N) is 1. The van der Waals surface area contributed by atoms with E-state index in [4.69, 9.17) is 0 Å². The monoisotopic (exact) mass is 375 g/mol. The smallest absolute Gasteiger partial charge is 0.281 e. The normalized spacial score (nSPS) is 17.4. The van der Waals surface area contributed by atoms with E-state index in [-0.39, 0.29) is 29.7 Å². The molecule has 0 aliphatic carbocycles. The highest BCUT2D eigenvalue weighted by Crippen LogP contribution is 2.19. The summed E-state index contributed by atoms with van der Waals surface area (Å²) in [5.41, 5.74) is 5.07. The van der Waals surface area contributed by atoms with Crippen molar-refractivity contribution in [2.45, 2.75) is 45.2 Å². The second-order valence-electron chi connectivity index (χ2n) is 7.54. The molecule has 0 spiro atoms. The Kier molecular flexibility index (Phi) is 7.36. The van der Waals surface area contributed by atoms with Gasteiger partial charge >= 0.3 is 0 Å². The van der Waals surface area contributed by atoms with E-state index in [0.29, 0.717) is 32.4 Å². The van der Waals surface area contributed by atoms with Crippen molar-refractivity contribution in [2.24, 2.45) is 11.8 Å². The van der Waals surface area contributed by atoms with Crippen LogP contribution in [0.25, 0.3) is 0 Å². The zero-order valence-electron chi connectivity index (χ0n) is 16.0. The summed E-state index contributed by atoms with van der Waals surface area (Å²) in [5.74, 6) is -2.09. The van der Waals surface area contributed by atoms with Gasteiger partial charge in [-0.05, 0) is 24.3 Å². The van der Waals surface area contributed by atoms with Gasteiger partial charge in [0.05, 0.1) is 12.0 Å². The van der Waals surface area contributed by atoms with E-state index in [9.17, 15) is 19.5 Å². The number of carboxylic acids is 1. The molecule has 7 heteroatoms. The number of benzene rings is 1. The van der Waals surface area contributed by atoms with Gasteiger partial charge in [-0.15, -0.1) is 0 Å². The summed E-state index contributed by atoms with van der Waals surface area (Å²) in [6.07, 6.45) is 1.63. The van der Waals surface area contributed by atoms with Crippen molar-refractivity contribution in [1.82, 2.24) is 10.2 Å². The average Bonchev–Trinajstić information content (AvgIpc) is 2.65. The molecule has 2 rings (SSSR count). The molecule has 1 heterocycles. The van der Waals surface area contributed by atoms with Crippen LogP contribution in [-0.2, 0) is 20.8 Å². The molecule has 2 amide bonds. The van der Waals surface area contributed by atoms with Crippen molar-refractivity contribution in [3.63, 3.8) is 0 Å². The van der Waals surface area contributed by atoms with Crippen molar-refractivity contribution in [2.75, 3.05) is 13.1 Å². The van der Waals surface area contributed by atoms with Crippen molar-refractivity contribution >= 4 is 17.8 Å². The highest BCUT2D eigenvalue weighted by molar-refractivity contribution is 5.85. The van der Waals surface area contributed by atoms with Crippen LogP contribution in [0.3, 0.4) is 0 Å². The maximum Gasteiger partial charge on any atom is 0.281 e. The molecule has 0 saturated carbocycles. The second kappa shape index (κ2) is 9.50. The van der Waals surface area contributed by atoms with Crippen LogP contribution >= 0.6 is 0 Å². The molecule has 1 aliphatic rings. The number of nitrogens with one attached hydrogen (secondary N) is 1. The quantitative estimate of drug-likeness (QED) is 0.633. The van der Waals surface area contributed by atoms with Gasteiger partial charge in [0.25, 0.3) is 5.91 Å². The number of hydrogen-bond acceptors (Lipinski definition) is 4. The SMILES string of the molecule is CC(C)[C@H](NC(=O)C1CCN(C(=O)[C@@H]([NH3+])Cc2ccccc2)CC1)C(=O)[O-]. The van der Waals surface area contributed by atoms with Crippen LogP contribution in [0, 0.1) is 11.8 Å². The lowest BCUT2D eigenvalue weighted by Crippen LogP contribution is -2.69. The summed E-state index contributed by atoms with van der Waals surface area (Å²) >= 11 is 0. The molecule has 7 nitrogen and oxygen atoms in total. The van der Waals surface area contributed by atoms with E-state index in [1.54, 1.807) is 18.7 Å². The molecule has 1 fully saturated rings. The van der Waals surface area contributed by atoms with Crippen LogP contribution in [-0.4, -0.2) is 47.9 Å². The van der Waals surface area contributed by atoms with E-state index in [2.05, 4.69) is 11.1 Å². The number of carbonyl (C=O) groups excluding carboxylic acids is 3. The number of rotatable bonds is 7. The molecule has 148 valence electrons. The van der Waals surface area contributed by atoms with Crippen molar-refractivity contribution in [1.29, 1.82) is 0 Å². The summed E-state index contributed by atoms with van der Waals surface area (Å²) in [5, 5.41) is 13.7. The maximum absolute atomic E-state index is 12.6. The van der Waals surface area contributed by atoms with Crippen LogP contribution in [0.15, 0.2) is 30.3 Å². The van der Waals surface area contributed by atoms with Gasteiger partial charge in [-0.3, -0.25) is 9.59 Å². The number of carboxylic acid groups (broad SMARTS) is 1. The maximum atomic E-state index is 12.6. The van der Waals surface area contributed by atoms with Crippen molar-refractivity contribution in [3.05, 3.63) is 35.9 Å². The van der Waals surface area contributed by atoms with Gasteiger partial charge < -0.3 is 25.9 Å². The Morgan fingerprint density at radius 2 is 1.78 bits per heavy atom. The molecule has 1 aromatic rings. The fourth-order valence-electron chi connectivity index (χ4n) is 3.38. The molecule has 0 aromatic heterocycles. The van der Waals surface area contributed by atoms with Crippen molar-refractivity contribution < 1.29 is 25.2 Å². The highest BCUT2D eigenvalue weighted by atomic mass is 16.4. The molecule has 0 radical (unpaired) electrons. The molecule has 1 aliphatic heterocycles. The lowest BCUT2D eigenvalue weighted by Gasteiger charge is -2.33. The molecule has 1 saturated heterocycles.